The quantitative estimate of drug-likeness (QED) is 0.905. The van der Waals surface area contributed by atoms with Crippen molar-refractivity contribution in [2.24, 2.45) is 0 Å². The van der Waals surface area contributed by atoms with Crippen molar-refractivity contribution >= 4 is 21.8 Å². The summed E-state index contributed by atoms with van der Waals surface area (Å²) >= 11 is 3.33. The Hall–Kier alpha value is -0.940. The average Bonchev–Trinajstić information content (AvgIpc) is 2.37. The zero-order valence-electron chi connectivity index (χ0n) is 11.2. The molecule has 0 atom stereocenters. The number of hydrogen-bond acceptors (Lipinski definition) is 2. The zero-order chi connectivity index (χ0) is 14.0. The standard InChI is InChI=1S/C14H18BrFN2O/c1-9-11(15)3-4-12(16)13(9)14(19)17-10-5-7-18(2)8-6-10/h3-4,10H,5-8H2,1-2H3,(H,17,19). The van der Waals surface area contributed by atoms with E-state index >= 15 is 0 Å². The Morgan fingerprint density at radius 3 is 2.68 bits per heavy atom. The molecule has 19 heavy (non-hydrogen) atoms. The van der Waals surface area contributed by atoms with Crippen LogP contribution in [-0.4, -0.2) is 37.0 Å². The Morgan fingerprint density at radius 1 is 1.42 bits per heavy atom. The maximum atomic E-state index is 13.8. The lowest BCUT2D eigenvalue weighted by molar-refractivity contribution is 0.0912. The summed E-state index contributed by atoms with van der Waals surface area (Å²) in [6, 6.07) is 3.08. The molecule has 0 unspecified atom stereocenters. The molecule has 0 aliphatic carbocycles. The van der Waals surface area contributed by atoms with E-state index in [-0.39, 0.29) is 17.5 Å². The highest BCUT2D eigenvalue weighted by Gasteiger charge is 2.22. The molecule has 1 aromatic carbocycles. The molecule has 1 aliphatic rings. The fourth-order valence-electron chi connectivity index (χ4n) is 2.34. The maximum absolute atomic E-state index is 13.8. The van der Waals surface area contributed by atoms with Crippen LogP contribution in [0.25, 0.3) is 0 Å². The summed E-state index contributed by atoms with van der Waals surface area (Å²) in [4.78, 5) is 14.4. The predicted molar refractivity (Wildman–Crippen MR) is 76.8 cm³/mol. The largest absolute Gasteiger partial charge is 0.349 e. The van der Waals surface area contributed by atoms with Gasteiger partial charge in [0.1, 0.15) is 5.82 Å². The minimum Gasteiger partial charge on any atom is -0.349 e. The highest BCUT2D eigenvalue weighted by atomic mass is 79.9. The normalized spacial score (nSPS) is 17.5. The molecule has 1 fully saturated rings. The number of rotatable bonds is 2. The van der Waals surface area contributed by atoms with Crippen LogP contribution in [0.4, 0.5) is 4.39 Å². The smallest absolute Gasteiger partial charge is 0.254 e. The third-order valence-electron chi connectivity index (χ3n) is 3.63. The van der Waals surface area contributed by atoms with E-state index in [1.165, 1.54) is 6.07 Å². The predicted octanol–water partition coefficient (Wildman–Crippen LogP) is 2.72. The third-order valence-corrected chi connectivity index (χ3v) is 4.49. The van der Waals surface area contributed by atoms with E-state index in [2.05, 4.69) is 33.2 Å². The lowest BCUT2D eigenvalue weighted by atomic mass is 10.0. The van der Waals surface area contributed by atoms with Crippen molar-refractivity contribution in [1.29, 1.82) is 0 Å². The number of carbonyl (C=O) groups is 1. The molecule has 1 heterocycles. The van der Waals surface area contributed by atoms with E-state index in [9.17, 15) is 9.18 Å². The fraction of sp³-hybridized carbons (Fsp3) is 0.500. The highest BCUT2D eigenvalue weighted by molar-refractivity contribution is 9.10. The molecule has 0 bridgehead atoms. The summed E-state index contributed by atoms with van der Waals surface area (Å²) in [7, 11) is 2.07. The Kier molecular flexibility index (Phi) is 4.58. The molecular weight excluding hydrogens is 311 g/mol. The second-order valence-corrected chi connectivity index (χ2v) is 5.93. The second kappa shape index (κ2) is 6.01. The molecule has 104 valence electrons. The lowest BCUT2D eigenvalue weighted by Crippen LogP contribution is -2.43. The fourth-order valence-corrected chi connectivity index (χ4v) is 2.67. The molecule has 2 rings (SSSR count). The number of carbonyl (C=O) groups excluding carboxylic acids is 1. The number of benzene rings is 1. The number of nitrogens with one attached hydrogen (secondary N) is 1. The molecule has 0 spiro atoms. The van der Waals surface area contributed by atoms with Gasteiger partial charge in [0.05, 0.1) is 5.56 Å². The van der Waals surface area contributed by atoms with Gasteiger partial charge in [0.15, 0.2) is 0 Å². The van der Waals surface area contributed by atoms with E-state index in [4.69, 9.17) is 0 Å². The van der Waals surface area contributed by atoms with Gasteiger partial charge in [-0.25, -0.2) is 4.39 Å². The van der Waals surface area contributed by atoms with Crippen molar-refractivity contribution in [3.8, 4) is 0 Å². The molecule has 5 heteroatoms. The van der Waals surface area contributed by atoms with E-state index in [0.29, 0.717) is 5.56 Å². The topological polar surface area (TPSA) is 32.3 Å². The highest BCUT2D eigenvalue weighted by Crippen LogP contribution is 2.22. The Morgan fingerprint density at radius 2 is 2.05 bits per heavy atom. The van der Waals surface area contributed by atoms with Gasteiger partial charge in [-0.05, 0) is 57.6 Å². The molecule has 0 aromatic heterocycles. The van der Waals surface area contributed by atoms with Gasteiger partial charge in [-0.1, -0.05) is 15.9 Å². The first-order chi connectivity index (χ1) is 8.99. The van der Waals surface area contributed by atoms with Crippen LogP contribution in [0.5, 0.6) is 0 Å². The van der Waals surface area contributed by atoms with Crippen LogP contribution in [0.15, 0.2) is 16.6 Å². The number of amides is 1. The summed E-state index contributed by atoms with van der Waals surface area (Å²) in [5.41, 5.74) is 0.790. The number of piperidine rings is 1. The van der Waals surface area contributed by atoms with Gasteiger partial charge in [-0.3, -0.25) is 4.79 Å². The van der Waals surface area contributed by atoms with E-state index in [0.717, 1.165) is 30.4 Å². The Bertz CT molecular complexity index is 485. The molecule has 0 radical (unpaired) electrons. The Labute approximate surface area is 121 Å². The van der Waals surface area contributed by atoms with Gasteiger partial charge in [-0.15, -0.1) is 0 Å². The molecule has 1 amide bonds. The van der Waals surface area contributed by atoms with Crippen LogP contribution in [0.2, 0.25) is 0 Å². The van der Waals surface area contributed by atoms with E-state index in [1.54, 1.807) is 13.0 Å². The number of hydrogen-bond donors (Lipinski definition) is 1. The van der Waals surface area contributed by atoms with Gasteiger partial charge < -0.3 is 10.2 Å². The van der Waals surface area contributed by atoms with Crippen molar-refractivity contribution in [2.45, 2.75) is 25.8 Å². The molecule has 1 N–H and O–H groups in total. The van der Waals surface area contributed by atoms with E-state index in [1.807, 2.05) is 0 Å². The average molecular weight is 329 g/mol. The third kappa shape index (κ3) is 3.34. The second-order valence-electron chi connectivity index (χ2n) is 5.08. The Balaban J connectivity index is 2.10. The minimum atomic E-state index is -0.467. The minimum absolute atomic E-state index is 0.140. The molecule has 1 saturated heterocycles. The van der Waals surface area contributed by atoms with Crippen molar-refractivity contribution in [2.75, 3.05) is 20.1 Å². The van der Waals surface area contributed by atoms with Gasteiger partial charge in [0.25, 0.3) is 5.91 Å². The maximum Gasteiger partial charge on any atom is 0.254 e. The molecule has 3 nitrogen and oxygen atoms in total. The summed E-state index contributed by atoms with van der Waals surface area (Å²) in [5, 5.41) is 2.94. The lowest BCUT2D eigenvalue weighted by Gasteiger charge is -2.29. The molecule has 0 saturated carbocycles. The van der Waals surface area contributed by atoms with Crippen LogP contribution >= 0.6 is 15.9 Å². The van der Waals surface area contributed by atoms with Crippen LogP contribution in [0, 0.1) is 12.7 Å². The number of halogens is 2. The summed E-state index contributed by atoms with van der Waals surface area (Å²) in [5.74, 6) is -0.781. The number of nitrogens with zero attached hydrogens (tertiary/aromatic N) is 1. The zero-order valence-corrected chi connectivity index (χ0v) is 12.8. The molecule has 1 aliphatic heterocycles. The van der Waals surface area contributed by atoms with E-state index < -0.39 is 5.82 Å². The number of likely N-dealkylation sites (tertiary alicyclic amines) is 1. The van der Waals surface area contributed by atoms with Gasteiger partial charge >= 0.3 is 0 Å². The van der Waals surface area contributed by atoms with Crippen molar-refractivity contribution in [3.63, 3.8) is 0 Å². The first kappa shape index (κ1) is 14.5. The van der Waals surface area contributed by atoms with Crippen molar-refractivity contribution in [3.05, 3.63) is 33.5 Å². The van der Waals surface area contributed by atoms with Gasteiger partial charge in [-0.2, -0.15) is 0 Å². The van der Waals surface area contributed by atoms with Crippen LogP contribution in [0.1, 0.15) is 28.8 Å². The first-order valence-corrected chi connectivity index (χ1v) is 7.22. The SMILES string of the molecule is Cc1c(Br)ccc(F)c1C(=O)NC1CCN(C)CC1. The van der Waals surface area contributed by atoms with Gasteiger partial charge in [0, 0.05) is 10.5 Å². The first-order valence-electron chi connectivity index (χ1n) is 6.43. The summed E-state index contributed by atoms with van der Waals surface area (Å²) in [6.45, 7) is 3.67. The summed E-state index contributed by atoms with van der Waals surface area (Å²) in [6.07, 6.45) is 1.83. The van der Waals surface area contributed by atoms with Crippen molar-refractivity contribution in [1.82, 2.24) is 10.2 Å². The van der Waals surface area contributed by atoms with Crippen molar-refractivity contribution < 1.29 is 9.18 Å². The molecule has 1 aromatic rings. The van der Waals surface area contributed by atoms with Gasteiger partial charge in [0.2, 0.25) is 0 Å². The monoisotopic (exact) mass is 328 g/mol. The molecular formula is C14H18BrFN2O. The summed E-state index contributed by atoms with van der Waals surface area (Å²) < 4.78 is 14.6. The van der Waals surface area contributed by atoms with Crippen LogP contribution in [-0.2, 0) is 0 Å². The van der Waals surface area contributed by atoms with Crippen LogP contribution < -0.4 is 5.32 Å². The van der Waals surface area contributed by atoms with Crippen LogP contribution in [0.3, 0.4) is 0 Å².